The fourth-order valence-corrected chi connectivity index (χ4v) is 0.596. The fraction of sp³-hybridized carbons (Fsp3) is 0. The fourth-order valence-electron chi connectivity index (χ4n) is 0.596. The smallest absolute Gasteiger partial charge is 0.270 e. The number of primary amides is 1. The van der Waals surface area contributed by atoms with Crippen molar-refractivity contribution < 1.29 is 13.6 Å². The van der Waals surface area contributed by atoms with Gasteiger partial charge in [-0.3, -0.25) is 4.79 Å². The van der Waals surface area contributed by atoms with Crippen LogP contribution in [0.2, 0.25) is 0 Å². The predicted molar refractivity (Wildman–Crippen MR) is 32.7 cm³/mol. The molecule has 1 heterocycles. The van der Waals surface area contributed by atoms with E-state index < -0.39 is 23.2 Å². The zero-order chi connectivity index (χ0) is 8.43. The summed E-state index contributed by atoms with van der Waals surface area (Å²) >= 11 is 0. The number of carbonyl (C=O) groups is 1. The second kappa shape index (κ2) is 2.61. The van der Waals surface area contributed by atoms with E-state index in [0.29, 0.717) is 6.07 Å². The Balaban J connectivity index is 3.20. The highest BCUT2D eigenvalue weighted by Gasteiger charge is 2.09. The monoisotopic (exact) mass is 158 g/mol. The topological polar surface area (TPSA) is 56.0 Å². The molecular formula is C6H4F2N2O. The Labute approximate surface area is 60.8 Å². The Kier molecular flexibility index (Phi) is 1.80. The molecule has 0 unspecified atom stereocenters. The van der Waals surface area contributed by atoms with Crippen molar-refractivity contribution in [1.82, 2.24) is 4.98 Å². The first-order valence-electron chi connectivity index (χ1n) is 2.72. The second-order valence-corrected chi connectivity index (χ2v) is 1.85. The Morgan fingerprint density at radius 3 is 2.64 bits per heavy atom. The zero-order valence-corrected chi connectivity index (χ0v) is 5.34. The molecule has 1 aromatic rings. The van der Waals surface area contributed by atoms with Crippen molar-refractivity contribution in [3.63, 3.8) is 0 Å². The second-order valence-electron chi connectivity index (χ2n) is 1.85. The predicted octanol–water partition coefficient (Wildman–Crippen LogP) is 0.459. The molecule has 1 rings (SSSR count). The first kappa shape index (κ1) is 7.59. The largest absolute Gasteiger partial charge is 0.364 e. The number of pyridine rings is 1. The summed E-state index contributed by atoms with van der Waals surface area (Å²) in [4.78, 5) is 13.5. The maximum atomic E-state index is 12.5. The van der Waals surface area contributed by atoms with Crippen LogP contribution in [-0.2, 0) is 0 Å². The minimum absolute atomic E-state index is 0.549. The number of amides is 1. The number of rotatable bonds is 1. The first-order valence-corrected chi connectivity index (χ1v) is 2.72. The number of nitrogens with two attached hydrogens (primary N) is 1. The highest BCUT2D eigenvalue weighted by molar-refractivity contribution is 5.90. The van der Waals surface area contributed by atoms with Crippen molar-refractivity contribution in [3.8, 4) is 0 Å². The highest BCUT2D eigenvalue weighted by Crippen LogP contribution is 2.04. The zero-order valence-electron chi connectivity index (χ0n) is 5.34. The van der Waals surface area contributed by atoms with E-state index in [2.05, 4.69) is 4.98 Å². The molecule has 0 atom stereocenters. The van der Waals surface area contributed by atoms with Crippen LogP contribution in [0.5, 0.6) is 0 Å². The molecule has 1 aromatic heterocycles. The quantitative estimate of drug-likeness (QED) is 0.645. The molecule has 0 aliphatic carbocycles. The molecular weight excluding hydrogens is 154 g/mol. The van der Waals surface area contributed by atoms with Crippen molar-refractivity contribution in [2.24, 2.45) is 5.73 Å². The standard InChI is InChI=1S/C6H4F2N2O/c7-3-1-4(8)5(6(9)11)10-2-3/h1-2H,(H2,9,11). The number of hydrogen-bond donors (Lipinski definition) is 1. The van der Waals surface area contributed by atoms with Crippen molar-refractivity contribution in [1.29, 1.82) is 0 Å². The molecule has 3 nitrogen and oxygen atoms in total. The van der Waals surface area contributed by atoms with Gasteiger partial charge in [0.2, 0.25) is 0 Å². The van der Waals surface area contributed by atoms with E-state index in [1.165, 1.54) is 0 Å². The van der Waals surface area contributed by atoms with Crippen LogP contribution < -0.4 is 5.73 Å². The maximum Gasteiger partial charge on any atom is 0.270 e. The van der Waals surface area contributed by atoms with Gasteiger partial charge >= 0.3 is 0 Å². The van der Waals surface area contributed by atoms with Gasteiger partial charge in [0, 0.05) is 6.07 Å². The van der Waals surface area contributed by atoms with Crippen LogP contribution in [0.3, 0.4) is 0 Å². The molecule has 0 fully saturated rings. The summed E-state index contributed by atoms with van der Waals surface area (Å²) in [5.74, 6) is -2.90. The van der Waals surface area contributed by atoms with Gasteiger partial charge < -0.3 is 5.73 Å². The molecule has 0 spiro atoms. The third-order valence-corrected chi connectivity index (χ3v) is 1.04. The number of halogens is 2. The average molecular weight is 158 g/mol. The van der Waals surface area contributed by atoms with Gasteiger partial charge in [0.25, 0.3) is 5.91 Å². The summed E-state index contributed by atoms with van der Waals surface area (Å²) in [6.45, 7) is 0. The van der Waals surface area contributed by atoms with Gasteiger partial charge in [-0.2, -0.15) is 0 Å². The summed E-state index contributed by atoms with van der Waals surface area (Å²) < 4.78 is 24.7. The third-order valence-electron chi connectivity index (χ3n) is 1.04. The van der Waals surface area contributed by atoms with E-state index in [4.69, 9.17) is 5.73 Å². The molecule has 0 aliphatic rings. The average Bonchev–Trinajstić information content (AvgIpc) is 1.85. The Bertz CT molecular complexity index is 301. The summed E-state index contributed by atoms with van der Waals surface area (Å²) in [7, 11) is 0. The van der Waals surface area contributed by atoms with Crippen molar-refractivity contribution in [2.45, 2.75) is 0 Å². The van der Waals surface area contributed by atoms with Gasteiger partial charge in [-0.25, -0.2) is 13.8 Å². The lowest BCUT2D eigenvalue weighted by Crippen LogP contribution is -2.15. The molecule has 1 amide bonds. The number of hydrogen-bond acceptors (Lipinski definition) is 2. The molecule has 0 saturated carbocycles. The summed E-state index contributed by atoms with van der Waals surface area (Å²) in [6.07, 6.45) is 0.725. The number of carbonyl (C=O) groups excluding carboxylic acids is 1. The molecule has 11 heavy (non-hydrogen) atoms. The lowest BCUT2D eigenvalue weighted by molar-refractivity contribution is 0.0991. The number of nitrogens with zero attached hydrogens (tertiary/aromatic N) is 1. The van der Waals surface area contributed by atoms with Gasteiger partial charge in [-0.15, -0.1) is 0 Å². The Morgan fingerprint density at radius 2 is 2.18 bits per heavy atom. The summed E-state index contributed by atoms with van der Waals surface area (Å²) in [5, 5.41) is 0. The van der Waals surface area contributed by atoms with Gasteiger partial charge in [-0.05, 0) is 0 Å². The lowest BCUT2D eigenvalue weighted by atomic mass is 10.3. The van der Waals surface area contributed by atoms with Crippen LogP contribution in [0, 0.1) is 11.6 Å². The van der Waals surface area contributed by atoms with Crippen LogP contribution in [0.1, 0.15) is 10.5 Å². The molecule has 5 heteroatoms. The SMILES string of the molecule is NC(=O)c1ncc(F)cc1F. The van der Waals surface area contributed by atoms with E-state index in [1.807, 2.05) is 0 Å². The van der Waals surface area contributed by atoms with Gasteiger partial charge in [0.15, 0.2) is 11.5 Å². The third kappa shape index (κ3) is 1.49. The molecule has 2 N–H and O–H groups in total. The minimum atomic E-state index is -1.04. The van der Waals surface area contributed by atoms with Crippen LogP contribution in [0.4, 0.5) is 8.78 Å². The van der Waals surface area contributed by atoms with Crippen LogP contribution >= 0.6 is 0 Å². The van der Waals surface area contributed by atoms with Crippen molar-refractivity contribution in [3.05, 3.63) is 29.6 Å². The van der Waals surface area contributed by atoms with E-state index in [-0.39, 0.29) is 0 Å². The van der Waals surface area contributed by atoms with Crippen LogP contribution in [0.15, 0.2) is 12.3 Å². The van der Waals surface area contributed by atoms with Gasteiger partial charge in [0.05, 0.1) is 6.20 Å². The summed E-state index contributed by atoms with van der Waals surface area (Å²) in [5.41, 5.74) is 4.15. The van der Waals surface area contributed by atoms with E-state index in [1.54, 1.807) is 0 Å². The molecule has 0 bridgehead atoms. The Hall–Kier alpha value is -1.52. The molecule has 0 aromatic carbocycles. The first-order chi connectivity index (χ1) is 5.11. The van der Waals surface area contributed by atoms with E-state index >= 15 is 0 Å². The minimum Gasteiger partial charge on any atom is -0.364 e. The maximum absolute atomic E-state index is 12.5. The Morgan fingerprint density at radius 1 is 1.55 bits per heavy atom. The highest BCUT2D eigenvalue weighted by atomic mass is 19.1. The normalized spacial score (nSPS) is 9.64. The van der Waals surface area contributed by atoms with Gasteiger partial charge in [0.1, 0.15) is 5.82 Å². The molecule has 0 aliphatic heterocycles. The lowest BCUT2D eigenvalue weighted by Gasteiger charge is -1.94. The van der Waals surface area contributed by atoms with Gasteiger partial charge in [-0.1, -0.05) is 0 Å². The molecule has 58 valence electrons. The van der Waals surface area contributed by atoms with E-state index in [0.717, 1.165) is 6.20 Å². The van der Waals surface area contributed by atoms with Crippen molar-refractivity contribution in [2.75, 3.05) is 0 Å². The van der Waals surface area contributed by atoms with E-state index in [9.17, 15) is 13.6 Å². The molecule has 0 radical (unpaired) electrons. The van der Waals surface area contributed by atoms with Crippen LogP contribution in [0.25, 0.3) is 0 Å². The number of aromatic nitrogens is 1. The van der Waals surface area contributed by atoms with Crippen LogP contribution in [-0.4, -0.2) is 10.9 Å². The summed E-state index contributed by atoms with van der Waals surface area (Å²) in [6, 6.07) is 0.549. The molecule has 0 saturated heterocycles. The van der Waals surface area contributed by atoms with Crippen molar-refractivity contribution >= 4 is 5.91 Å².